The standard InChI is InChI=1S/C19H13IO2/c1-22-19(21)18(20)15-10-8-13-6-5-11-3-2-4-12-7-9-14(15)17(13)16(11)12/h2-10,18H,1H3. The predicted molar refractivity (Wildman–Crippen MR) is 98.9 cm³/mol. The summed E-state index contributed by atoms with van der Waals surface area (Å²) in [5.41, 5.74) is 1.01. The lowest BCUT2D eigenvalue weighted by Gasteiger charge is -2.16. The molecule has 2 nitrogen and oxygen atoms in total. The summed E-state index contributed by atoms with van der Waals surface area (Å²) in [6.07, 6.45) is 0. The molecule has 108 valence electrons. The summed E-state index contributed by atoms with van der Waals surface area (Å²) in [5.74, 6) is -0.212. The molecule has 0 bridgehead atoms. The Labute approximate surface area is 141 Å². The second kappa shape index (κ2) is 5.09. The second-order valence-electron chi connectivity index (χ2n) is 5.40. The van der Waals surface area contributed by atoms with Gasteiger partial charge in [0.1, 0.15) is 3.92 Å². The van der Waals surface area contributed by atoms with Crippen LogP contribution in [0.2, 0.25) is 0 Å². The van der Waals surface area contributed by atoms with Gasteiger partial charge in [-0.2, -0.15) is 0 Å². The van der Waals surface area contributed by atoms with E-state index in [-0.39, 0.29) is 9.89 Å². The summed E-state index contributed by atoms with van der Waals surface area (Å²) in [7, 11) is 1.43. The molecule has 4 aromatic rings. The summed E-state index contributed by atoms with van der Waals surface area (Å²) < 4.78 is 4.61. The summed E-state index contributed by atoms with van der Waals surface area (Å²) >= 11 is 2.15. The Balaban J connectivity index is 2.15. The molecule has 0 fully saturated rings. The Kier molecular flexibility index (Phi) is 3.18. The van der Waals surface area contributed by atoms with Gasteiger partial charge >= 0.3 is 5.97 Å². The molecule has 0 aromatic heterocycles. The Bertz CT molecular complexity index is 990. The van der Waals surface area contributed by atoms with Crippen molar-refractivity contribution < 1.29 is 9.53 Å². The molecule has 0 aliphatic rings. The van der Waals surface area contributed by atoms with Crippen LogP contribution in [-0.2, 0) is 9.53 Å². The van der Waals surface area contributed by atoms with E-state index in [2.05, 4.69) is 71.1 Å². The lowest BCUT2D eigenvalue weighted by atomic mass is 9.91. The predicted octanol–water partition coefficient (Wildman–Crippen LogP) is 5.23. The fourth-order valence-electron chi connectivity index (χ4n) is 3.21. The largest absolute Gasteiger partial charge is 0.468 e. The number of hydrogen-bond acceptors (Lipinski definition) is 2. The third-order valence-electron chi connectivity index (χ3n) is 4.24. The number of alkyl halides is 1. The van der Waals surface area contributed by atoms with Crippen molar-refractivity contribution in [2.75, 3.05) is 7.11 Å². The van der Waals surface area contributed by atoms with Crippen LogP contribution >= 0.6 is 22.6 Å². The highest BCUT2D eigenvalue weighted by atomic mass is 127. The summed E-state index contributed by atoms with van der Waals surface area (Å²) in [6.45, 7) is 0. The molecule has 0 heterocycles. The number of hydrogen-bond donors (Lipinski definition) is 0. The fourth-order valence-corrected chi connectivity index (χ4v) is 4.01. The fraction of sp³-hybridized carbons (Fsp3) is 0.105. The number of halogens is 1. The zero-order valence-electron chi connectivity index (χ0n) is 12.0. The highest BCUT2D eigenvalue weighted by Gasteiger charge is 2.21. The van der Waals surface area contributed by atoms with Crippen molar-refractivity contribution >= 4 is 60.9 Å². The van der Waals surface area contributed by atoms with Gasteiger partial charge in [0.25, 0.3) is 0 Å². The first-order valence-corrected chi connectivity index (χ1v) is 8.33. The molecule has 3 heteroatoms. The molecule has 0 aliphatic heterocycles. The Morgan fingerprint density at radius 1 is 0.909 bits per heavy atom. The summed E-state index contributed by atoms with van der Waals surface area (Å²) in [5, 5.41) is 7.31. The maximum Gasteiger partial charge on any atom is 0.323 e. The Hall–Kier alpha value is -1.88. The zero-order valence-corrected chi connectivity index (χ0v) is 14.1. The van der Waals surface area contributed by atoms with Gasteiger partial charge < -0.3 is 4.74 Å². The second-order valence-corrected chi connectivity index (χ2v) is 6.64. The molecular formula is C19H13IO2. The van der Waals surface area contributed by atoms with E-state index < -0.39 is 0 Å². The SMILES string of the molecule is COC(=O)C(I)c1ccc2ccc3cccc4ccc1c2c34. The molecule has 0 amide bonds. The van der Waals surface area contributed by atoms with Crippen molar-refractivity contribution in [3.8, 4) is 0 Å². The quantitative estimate of drug-likeness (QED) is 0.199. The van der Waals surface area contributed by atoms with E-state index in [0.29, 0.717) is 0 Å². The lowest BCUT2D eigenvalue weighted by molar-refractivity contribution is -0.139. The van der Waals surface area contributed by atoms with E-state index in [0.717, 1.165) is 10.9 Å². The van der Waals surface area contributed by atoms with Crippen LogP contribution in [0.5, 0.6) is 0 Å². The summed E-state index contributed by atoms with van der Waals surface area (Å²) in [4.78, 5) is 11.9. The molecule has 0 radical (unpaired) electrons. The van der Waals surface area contributed by atoms with Crippen molar-refractivity contribution in [3.63, 3.8) is 0 Å². The van der Waals surface area contributed by atoms with Gasteiger partial charge in [0.15, 0.2) is 0 Å². The van der Waals surface area contributed by atoms with E-state index in [9.17, 15) is 4.79 Å². The Morgan fingerprint density at radius 2 is 1.50 bits per heavy atom. The maximum absolute atomic E-state index is 11.9. The van der Waals surface area contributed by atoms with E-state index >= 15 is 0 Å². The normalized spacial score (nSPS) is 13.0. The molecule has 0 saturated carbocycles. The molecule has 1 unspecified atom stereocenters. The number of ether oxygens (including phenoxy) is 1. The minimum absolute atomic E-state index is 0.212. The smallest absolute Gasteiger partial charge is 0.323 e. The third-order valence-corrected chi connectivity index (χ3v) is 5.42. The van der Waals surface area contributed by atoms with Crippen molar-refractivity contribution in [1.82, 2.24) is 0 Å². The number of carbonyl (C=O) groups is 1. The Morgan fingerprint density at radius 3 is 2.18 bits per heavy atom. The molecule has 1 atom stereocenters. The number of rotatable bonds is 2. The highest BCUT2D eigenvalue weighted by molar-refractivity contribution is 14.1. The van der Waals surface area contributed by atoms with Gasteiger partial charge in [-0.15, -0.1) is 0 Å². The average Bonchev–Trinajstić information content (AvgIpc) is 2.58. The first kappa shape index (κ1) is 13.8. The first-order chi connectivity index (χ1) is 10.7. The van der Waals surface area contributed by atoms with Gasteiger partial charge in [-0.1, -0.05) is 77.2 Å². The van der Waals surface area contributed by atoms with Crippen LogP contribution in [0.3, 0.4) is 0 Å². The van der Waals surface area contributed by atoms with Crippen LogP contribution in [0.15, 0.2) is 54.6 Å². The monoisotopic (exact) mass is 400 g/mol. The van der Waals surface area contributed by atoms with E-state index in [1.54, 1.807) is 0 Å². The highest BCUT2D eigenvalue weighted by Crippen LogP contribution is 2.39. The average molecular weight is 400 g/mol. The molecule has 4 rings (SSSR count). The van der Waals surface area contributed by atoms with Gasteiger partial charge in [0.05, 0.1) is 7.11 Å². The minimum atomic E-state index is -0.299. The van der Waals surface area contributed by atoms with Gasteiger partial charge in [-0.05, 0) is 37.9 Å². The van der Waals surface area contributed by atoms with Crippen LogP contribution in [0, 0.1) is 0 Å². The number of benzene rings is 4. The van der Waals surface area contributed by atoms with E-state index in [4.69, 9.17) is 4.74 Å². The van der Waals surface area contributed by atoms with Gasteiger partial charge in [-0.3, -0.25) is 4.79 Å². The molecule has 0 aliphatic carbocycles. The van der Waals surface area contributed by atoms with E-state index in [1.807, 2.05) is 6.07 Å². The van der Waals surface area contributed by atoms with Gasteiger partial charge in [-0.25, -0.2) is 0 Å². The van der Waals surface area contributed by atoms with Crippen molar-refractivity contribution in [1.29, 1.82) is 0 Å². The third kappa shape index (κ3) is 1.88. The van der Waals surface area contributed by atoms with Gasteiger partial charge in [0, 0.05) is 0 Å². The van der Waals surface area contributed by atoms with Crippen LogP contribution in [-0.4, -0.2) is 13.1 Å². The van der Waals surface area contributed by atoms with Crippen molar-refractivity contribution in [2.45, 2.75) is 3.92 Å². The minimum Gasteiger partial charge on any atom is -0.468 e. The van der Waals surface area contributed by atoms with E-state index in [1.165, 1.54) is 34.0 Å². The van der Waals surface area contributed by atoms with Crippen LogP contribution in [0.1, 0.15) is 9.49 Å². The van der Waals surface area contributed by atoms with Crippen LogP contribution in [0.25, 0.3) is 32.3 Å². The number of esters is 1. The molecule has 0 spiro atoms. The first-order valence-electron chi connectivity index (χ1n) is 7.09. The maximum atomic E-state index is 11.9. The topological polar surface area (TPSA) is 26.3 Å². The van der Waals surface area contributed by atoms with Crippen LogP contribution in [0.4, 0.5) is 0 Å². The molecule has 4 aromatic carbocycles. The molecule has 0 saturated heterocycles. The van der Waals surface area contributed by atoms with Gasteiger partial charge in [0.2, 0.25) is 0 Å². The number of carbonyl (C=O) groups excluding carboxylic acids is 1. The molecular weight excluding hydrogens is 387 g/mol. The number of methoxy groups -OCH3 is 1. The van der Waals surface area contributed by atoms with Crippen molar-refractivity contribution in [3.05, 3.63) is 60.2 Å². The molecule has 0 N–H and O–H groups in total. The summed E-state index contributed by atoms with van der Waals surface area (Å²) in [6, 6.07) is 19.0. The zero-order chi connectivity index (χ0) is 15.3. The molecule has 22 heavy (non-hydrogen) atoms. The van der Waals surface area contributed by atoms with Crippen molar-refractivity contribution in [2.24, 2.45) is 0 Å². The lowest BCUT2D eigenvalue weighted by Crippen LogP contribution is -2.08. The van der Waals surface area contributed by atoms with Crippen LogP contribution < -0.4 is 0 Å².